The summed E-state index contributed by atoms with van der Waals surface area (Å²) in [4.78, 5) is 36.6. The van der Waals surface area contributed by atoms with Gasteiger partial charge in [-0.15, -0.1) is 0 Å². The van der Waals surface area contributed by atoms with Gasteiger partial charge in [0.25, 0.3) is 0 Å². The van der Waals surface area contributed by atoms with Gasteiger partial charge in [-0.1, -0.05) is 0 Å². The number of ketones is 1. The van der Waals surface area contributed by atoms with E-state index in [0.717, 1.165) is 16.9 Å². The molecule has 2 amide bonds. The zero-order chi connectivity index (χ0) is 19.6. The molecule has 1 unspecified atom stereocenters. The second kappa shape index (κ2) is 7.45. The van der Waals surface area contributed by atoms with E-state index in [0.29, 0.717) is 13.0 Å². The van der Waals surface area contributed by atoms with Gasteiger partial charge in [-0.3, -0.25) is 4.79 Å². The van der Waals surface area contributed by atoms with Crippen LogP contribution in [0.1, 0.15) is 45.7 Å². The predicted octanol–water partition coefficient (Wildman–Crippen LogP) is 1.67. The quantitative estimate of drug-likeness (QED) is 0.806. The van der Waals surface area contributed by atoms with Gasteiger partial charge in [-0.2, -0.15) is 0 Å². The largest absolute Gasteiger partial charge is 0.530 e. The van der Waals surface area contributed by atoms with Crippen molar-refractivity contribution in [1.29, 1.82) is 0 Å². The first-order valence-electron chi connectivity index (χ1n) is 8.85. The second-order valence-corrected chi connectivity index (χ2v) is 7.08. The Morgan fingerprint density at radius 2 is 1.96 bits per heavy atom. The monoisotopic (exact) mass is 361 g/mol. The number of benzene rings is 1. The van der Waals surface area contributed by atoms with E-state index in [-0.39, 0.29) is 34.8 Å². The Labute approximate surface area is 154 Å². The summed E-state index contributed by atoms with van der Waals surface area (Å²) < 4.78 is 0.115. The average molecular weight is 361 g/mol. The third kappa shape index (κ3) is 3.44. The zero-order valence-electron chi connectivity index (χ0n) is 16.0. The first kappa shape index (κ1) is 19.9. The molecule has 0 aliphatic carbocycles. The molecule has 1 aromatic rings. The molecule has 0 saturated heterocycles. The lowest BCUT2D eigenvalue weighted by atomic mass is 9.88. The highest BCUT2D eigenvalue weighted by molar-refractivity contribution is 5.89. The summed E-state index contributed by atoms with van der Waals surface area (Å²) in [5.74, 6) is 0.000290. The Morgan fingerprint density at radius 3 is 2.46 bits per heavy atom. The molecule has 1 aliphatic heterocycles. The highest BCUT2D eigenvalue weighted by Crippen LogP contribution is 2.45. The molecule has 7 nitrogen and oxygen atoms in total. The standard InChI is InChI=1S/C19H27N3O4/c1-6-21(19(25)26)17-9-12(2)22(5,14(4)24)18-8-7-15(10-16(17)18)20-11-13(3)23/h7-8,10,12,17,20H,6,9,11H2,1-5H3/t12-,17+,22?/m0/s1. The molecular formula is C19H27N3O4. The number of hydrogen-bond donors (Lipinski definition) is 1. The van der Waals surface area contributed by atoms with E-state index in [4.69, 9.17) is 0 Å². The molecular weight excluding hydrogens is 334 g/mol. The van der Waals surface area contributed by atoms with Gasteiger partial charge in [-0.25, -0.2) is 9.28 Å². The van der Waals surface area contributed by atoms with Gasteiger partial charge in [0.1, 0.15) is 17.6 Å². The predicted molar refractivity (Wildman–Crippen MR) is 98.6 cm³/mol. The molecule has 0 saturated carbocycles. The van der Waals surface area contributed by atoms with Crippen molar-refractivity contribution in [2.45, 2.75) is 46.2 Å². The van der Waals surface area contributed by atoms with Crippen LogP contribution in [0.2, 0.25) is 0 Å². The number of carbonyl (C=O) groups is 3. The normalized spacial score (nSPS) is 24.5. The van der Waals surface area contributed by atoms with Crippen molar-refractivity contribution >= 4 is 29.2 Å². The van der Waals surface area contributed by atoms with Gasteiger partial charge in [0, 0.05) is 30.3 Å². The molecule has 1 N–H and O–H groups in total. The molecule has 3 atom stereocenters. The summed E-state index contributed by atoms with van der Waals surface area (Å²) in [6.45, 7) is 7.27. The van der Waals surface area contributed by atoms with Crippen molar-refractivity contribution in [3.8, 4) is 0 Å². The van der Waals surface area contributed by atoms with E-state index in [1.165, 1.54) is 11.8 Å². The first-order valence-corrected chi connectivity index (χ1v) is 8.85. The fourth-order valence-corrected chi connectivity index (χ4v) is 3.73. The number of carboxylic acid groups (broad SMARTS) is 1. The van der Waals surface area contributed by atoms with Crippen LogP contribution in [0.15, 0.2) is 18.2 Å². The summed E-state index contributed by atoms with van der Waals surface area (Å²) in [5.41, 5.74) is 2.29. The van der Waals surface area contributed by atoms with Crippen LogP contribution in [0.5, 0.6) is 0 Å². The second-order valence-electron chi connectivity index (χ2n) is 7.08. The fourth-order valence-electron chi connectivity index (χ4n) is 3.73. The van der Waals surface area contributed by atoms with Gasteiger partial charge in [0.15, 0.2) is 0 Å². The molecule has 0 aromatic heterocycles. The van der Waals surface area contributed by atoms with Crippen molar-refractivity contribution in [3.05, 3.63) is 23.8 Å². The van der Waals surface area contributed by atoms with E-state index in [1.54, 1.807) is 13.8 Å². The lowest BCUT2D eigenvalue weighted by molar-refractivity contribution is -0.268. The summed E-state index contributed by atoms with van der Waals surface area (Å²) in [7, 11) is 1.86. The number of carbonyl (C=O) groups excluding carboxylic acids is 3. The van der Waals surface area contributed by atoms with E-state index in [2.05, 4.69) is 5.32 Å². The summed E-state index contributed by atoms with van der Waals surface area (Å²) >= 11 is 0. The Hall–Kier alpha value is -2.41. The van der Waals surface area contributed by atoms with Crippen LogP contribution >= 0.6 is 0 Å². The number of quaternary nitrogens is 1. The molecule has 0 bridgehead atoms. The third-order valence-corrected chi connectivity index (χ3v) is 5.48. The minimum Gasteiger partial charge on any atom is -0.530 e. The molecule has 142 valence electrons. The van der Waals surface area contributed by atoms with Gasteiger partial charge in [0.05, 0.1) is 32.6 Å². The molecule has 1 aliphatic rings. The Balaban J connectivity index is 2.59. The number of Topliss-reactive ketones (excluding diaryl/α,β-unsaturated/α-hetero) is 1. The van der Waals surface area contributed by atoms with Gasteiger partial charge >= 0.3 is 5.91 Å². The van der Waals surface area contributed by atoms with E-state index >= 15 is 0 Å². The number of nitrogens with one attached hydrogen (secondary N) is 1. The van der Waals surface area contributed by atoms with Crippen LogP contribution in [0.25, 0.3) is 0 Å². The topological polar surface area (TPSA) is 89.5 Å². The van der Waals surface area contributed by atoms with Crippen molar-refractivity contribution in [2.75, 3.05) is 25.5 Å². The number of amides is 2. The van der Waals surface area contributed by atoms with Crippen molar-refractivity contribution < 1.29 is 19.5 Å². The molecule has 7 heteroatoms. The van der Waals surface area contributed by atoms with Gasteiger partial charge in [-0.05, 0) is 32.9 Å². The summed E-state index contributed by atoms with van der Waals surface area (Å²) in [6.07, 6.45) is -0.710. The lowest BCUT2D eigenvalue weighted by Gasteiger charge is -2.46. The first-order chi connectivity index (χ1) is 12.1. The molecule has 0 spiro atoms. The Morgan fingerprint density at radius 1 is 1.31 bits per heavy atom. The van der Waals surface area contributed by atoms with Crippen molar-refractivity contribution in [3.63, 3.8) is 0 Å². The summed E-state index contributed by atoms with van der Waals surface area (Å²) in [5, 5.41) is 14.7. The van der Waals surface area contributed by atoms with Crippen LogP contribution in [0.3, 0.4) is 0 Å². The van der Waals surface area contributed by atoms with Crippen LogP contribution in [-0.4, -0.2) is 48.9 Å². The summed E-state index contributed by atoms with van der Waals surface area (Å²) in [6, 6.07) is 5.06. The molecule has 1 aromatic carbocycles. The number of fused-ring (bicyclic) bond motifs is 1. The molecule has 0 fully saturated rings. The smallest absolute Gasteiger partial charge is 0.315 e. The highest BCUT2D eigenvalue weighted by atomic mass is 16.4. The van der Waals surface area contributed by atoms with Crippen molar-refractivity contribution in [2.24, 2.45) is 0 Å². The maximum atomic E-state index is 12.4. The van der Waals surface area contributed by atoms with Crippen LogP contribution < -0.4 is 14.9 Å². The minimum atomic E-state index is -1.23. The average Bonchev–Trinajstić information content (AvgIpc) is 2.57. The minimum absolute atomic E-state index is 0.00172. The molecule has 1 heterocycles. The third-order valence-electron chi connectivity index (χ3n) is 5.48. The Bertz CT molecular complexity index is 733. The SMILES string of the molecule is CCN(C(=O)[O-])[C@@H]1C[C@H](C)[N+](C)(C(C)=O)c2ccc(NCC(C)=O)cc21. The van der Waals surface area contributed by atoms with Crippen molar-refractivity contribution in [1.82, 2.24) is 9.38 Å². The molecule has 26 heavy (non-hydrogen) atoms. The van der Waals surface area contributed by atoms with Crippen LogP contribution in [-0.2, 0) is 9.59 Å². The van der Waals surface area contributed by atoms with E-state index in [1.807, 2.05) is 32.2 Å². The molecule has 0 radical (unpaired) electrons. The number of hydrogen-bond acceptors (Lipinski definition) is 5. The number of rotatable bonds is 5. The van der Waals surface area contributed by atoms with E-state index in [9.17, 15) is 19.5 Å². The number of anilines is 1. The lowest BCUT2D eigenvalue weighted by Crippen LogP contribution is -2.60. The maximum Gasteiger partial charge on any atom is 0.315 e. The zero-order valence-corrected chi connectivity index (χ0v) is 16.0. The van der Waals surface area contributed by atoms with Crippen LogP contribution in [0.4, 0.5) is 16.2 Å². The van der Waals surface area contributed by atoms with Gasteiger partial charge in [0.2, 0.25) is 0 Å². The molecule has 2 rings (SSSR count). The Kier molecular flexibility index (Phi) is 5.71. The number of nitrogens with zero attached hydrogens (tertiary/aromatic N) is 2. The fraction of sp³-hybridized carbons (Fsp3) is 0.526. The highest BCUT2D eigenvalue weighted by Gasteiger charge is 2.46. The van der Waals surface area contributed by atoms with E-state index < -0.39 is 6.09 Å². The van der Waals surface area contributed by atoms with Crippen LogP contribution in [0, 0.1) is 0 Å². The van der Waals surface area contributed by atoms with Gasteiger partial charge < -0.3 is 20.1 Å². The maximum absolute atomic E-state index is 12.4.